The first kappa shape index (κ1) is 16.3. The van der Waals surface area contributed by atoms with E-state index in [0.717, 1.165) is 17.5 Å². The number of methoxy groups -OCH3 is 1. The molecule has 0 amide bonds. The summed E-state index contributed by atoms with van der Waals surface area (Å²) >= 11 is 0. The second-order valence-electron chi connectivity index (χ2n) is 5.18. The first-order valence-electron chi connectivity index (χ1n) is 7.47. The highest BCUT2D eigenvalue weighted by Gasteiger charge is 2.12. The van der Waals surface area contributed by atoms with Crippen molar-refractivity contribution in [3.8, 4) is 11.5 Å². The van der Waals surface area contributed by atoms with E-state index in [-0.39, 0.29) is 18.4 Å². The Hall–Kier alpha value is -2.04. The average molecular weight is 301 g/mol. The molecule has 0 spiro atoms. The number of aliphatic hydroxyl groups excluding tert-OH is 1. The molecule has 22 heavy (non-hydrogen) atoms. The molecule has 1 atom stereocenters. The molecular weight excluding hydrogens is 278 g/mol. The van der Waals surface area contributed by atoms with Gasteiger partial charge in [-0.1, -0.05) is 43.3 Å². The fourth-order valence-corrected chi connectivity index (χ4v) is 2.38. The molecule has 0 bridgehead atoms. The van der Waals surface area contributed by atoms with E-state index in [1.165, 1.54) is 12.7 Å². The van der Waals surface area contributed by atoms with Crippen molar-refractivity contribution in [1.29, 1.82) is 0 Å². The molecular formula is C18H23NO3. The molecule has 3 N–H and O–H groups in total. The minimum atomic E-state index is -0.170. The van der Waals surface area contributed by atoms with Crippen molar-refractivity contribution in [3.63, 3.8) is 0 Å². The molecule has 0 heterocycles. The number of aromatic hydroxyl groups is 1. The van der Waals surface area contributed by atoms with E-state index in [0.29, 0.717) is 12.3 Å². The molecule has 118 valence electrons. The second-order valence-corrected chi connectivity index (χ2v) is 5.18. The van der Waals surface area contributed by atoms with Gasteiger partial charge in [-0.15, -0.1) is 0 Å². The quantitative estimate of drug-likeness (QED) is 0.736. The van der Waals surface area contributed by atoms with Gasteiger partial charge in [0, 0.05) is 12.1 Å². The Bertz CT molecular complexity index is 596. The molecule has 2 aromatic carbocycles. The van der Waals surface area contributed by atoms with Crippen molar-refractivity contribution < 1.29 is 14.9 Å². The zero-order chi connectivity index (χ0) is 15.9. The number of hydrogen-bond acceptors (Lipinski definition) is 4. The van der Waals surface area contributed by atoms with Gasteiger partial charge in [0.1, 0.15) is 0 Å². The highest BCUT2D eigenvalue weighted by atomic mass is 16.5. The predicted octanol–water partition coefficient (Wildman–Crippen LogP) is 2.79. The number of hydrogen-bond donors (Lipinski definition) is 3. The van der Waals surface area contributed by atoms with Crippen LogP contribution in [0.1, 0.15) is 29.7 Å². The van der Waals surface area contributed by atoms with Crippen LogP contribution in [0.5, 0.6) is 11.5 Å². The lowest BCUT2D eigenvalue weighted by Gasteiger charge is -2.18. The fourth-order valence-electron chi connectivity index (χ4n) is 2.38. The predicted molar refractivity (Wildman–Crippen MR) is 87.1 cm³/mol. The molecule has 0 aliphatic carbocycles. The van der Waals surface area contributed by atoms with E-state index in [1.54, 1.807) is 6.07 Å². The zero-order valence-corrected chi connectivity index (χ0v) is 13.0. The van der Waals surface area contributed by atoms with Crippen LogP contribution in [-0.2, 0) is 13.0 Å². The Morgan fingerprint density at radius 2 is 1.86 bits per heavy atom. The van der Waals surface area contributed by atoms with Gasteiger partial charge in [0.15, 0.2) is 11.5 Å². The van der Waals surface area contributed by atoms with Crippen molar-refractivity contribution >= 4 is 0 Å². The maximum Gasteiger partial charge on any atom is 0.162 e. The SMILES string of the molecule is CCc1ccc(C(CO)NCc2cccc(OC)c2O)cc1. The van der Waals surface area contributed by atoms with Crippen LogP contribution in [0, 0.1) is 0 Å². The van der Waals surface area contributed by atoms with Crippen LogP contribution in [0.4, 0.5) is 0 Å². The van der Waals surface area contributed by atoms with Crippen molar-refractivity contribution in [2.75, 3.05) is 13.7 Å². The highest BCUT2D eigenvalue weighted by molar-refractivity contribution is 5.45. The first-order chi connectivity index (χ1) is 10.7. The van der Waals surface area contributed by atoms with Crippen molar-refractivity contribution in [1.82, 2.24) is 5.32 Å². The van der Waals surface area contributed by atoms with Gasteiger partial charge < -0.3 is 20.3 Å². The van der Waals surface area contributed by atoms with Crippen LogP contribution in [0.15, 0.2) is 42.5 Å². The number of phenols is 1. The number of aryl methyl sites for hydroxylation is 1. The van der Waals surface area contributed by atoms with Gasteiger partial charge in [-0.3, -0.25) is 0 Å². The van der Waals surface area contributed by atoms with E-state index in [2.05, 4.69) is 24.4 Å². The monoisotopic (exact) mass is 301 g/mol. The summed E-state index contributed by atoms with van der Waals surface area (Å²) in [5, 5.41) is 23.0. The molecule has 4 heteroatoms. The Morgan fingerprint density at radius 3 is 2.45 bits per heavy atom. The van der Waals surface area contributed by atoms with Gasteiger partial charge in [-0.05, 0) is 23.6 Å². The van der Waals surface area contributed by atoms with E-state index in [1.807, 2.05) is 24.3 Å². The standard InChI is InChI=1S/C18H23NO3/c1-3-13-7-9-14(10-8-13)16(12-20)19-11-15-5-4-6-17(22-2)18(15)21/h4-10,16,19-21H,3,11-12H2,1-2H3. The van der Waals surface area contributed by atoms with Crippen LogP contribution >= 0.6 is 0 Å². The summed E-state index contributed by atoms with van der Waals surface area (Å²) in [4.78, 5) is 0. The smallest absolute Gasteiger partial charge is 0.162 e. The van der Waals surface area contributed by atoms with Crippen LogP contribution in [0.25, 0.3) is 0 Å². The molecule has 2 rings (SSSR count). The minimum Gasteiger partial charge on any atom is -0.504 e. The maximum atomic E-state index is 10.1. The normalized spacial score (nSPS) is 12.1. The zero-order valence-electron chi connectivity index (χ0n) is 13.0. The molecule has 4 nitrogen and oxygen atoms in total. The van der Waals surface area contributed by atoms with E-state index in [4.69, 9.17) is 4.74 Å². The highest BCUT2D eigenvalue weighted by Crippen LogP contribution is 2.29. The van der Waals surface area contributed by atoms with Crippen LogP contribution in [0.3, 0.4) is 0 Å². The lowest BCUT2D eigenvalue weighted by Crippen LogP contribution is -2.24. The van der Waals surface area contributed by atoms with Gasteiger partial charge in [0.05, 0.1) is 19.8 Å². The molecule has 0 radical (unpaired) electrons. The molecule has 0 aliphatic rings. The average Bonchev–Trinajstić information content (AvgIpc) is 2.57. The summed E-state index contributed by atoms with van der Waals surface area (Å²) in [5.74, 6) is 0.586. The topological polar surface area (TPSA) is 61.7 Å². The Balaban J connectivity index is 2.07. The fraction of sp³-hybridized carbons (Fsp3) is 0.333. The molecule has 0 saturated heterocycles. The van der Waals surface area contributed by atoms with Gasteiger partial charge >= 0.3 is 0 Å². The van der Waals surface area contributed by atoms with Crippen molar-refractivity contribution in [2.45, 2.75) is 25.9 Å². The minimum absolute atomic E-state index is 0.00377. The largest absolute Gasteiger partial charge is 0.504 e. The third kappa shape index (κ3) is 3.78. The third-order valence-electron chi connectivity index (χ3n) is 3.81. The number of benzene rings is 2. The lowest BCUT2D eigenvalue weighted by atomic mass is 10.0. The number of rotatable bonds is 7. The van der Waals surface area contributed by atoms with Crippen LogP contribution in [0.2, 0.25) is 0 Å². The van der Waals surface area contributed by atoms with Gasteiger partial charge in [0.25, 0.3) is 0 Å². The third-order valence-corrected chi connectivity index (χ3v) is 3.81. The molecule has 1 unspecified atom stereocenters. The molecule has 0 fully saturated rings. The first-order valence-corrected chi connectivity index (χ1v) is 7.47. The van der Waals surface area contributed by atoms with E-state index >= 15 is 0 Å². The number of ether oxygens (including phenoxy) is 1. The van der Waals surface area contributed by atoms with E-state index in [9.17, 15) is 10.2 Å². The maximum absolute atomic E-state index is 10.1. The summed E-state index contributed by atoms with van der Waals surface area (Å²) < 4.78 is 5.10. The summed E-state index contributed by atoms with van der Waals surface area (Å²) in [5.41, 5.74) is 3.04. The van der Waals surface area contributed by atoms with Gasteiger partial charge in [-0.2, -0.15) is 0 Å². The summed E-state index contributed by atoms with van der Waals surface area (Å²) in [6, 6.07) is 13.4. The molecule has 0 aliphatic heterocycles. The molecule has 0 aromatic heterocycles. The summed E-state index contributed by atoms with van der Waals surface area (Å²) in [7, 11) is 1.53. The molecule has 2 aromatic rings. The Kier molecular flexibility index (Phi) is 5.81. The number of para-hydroxylation sites is 1. The van der Waals surface area contributed by atoms with Gasteiger partial charge in [-0.25, -0.2) is 0 Å². The Morgan fingerprint density at radius 1 is 1.14 bits per heavy atom. The second kappa shape index (κ2) is 7.82. The Labute approximate surface area is 131 Å². The number of aliphatic hydroxyl groups is 1. The number of nitrogens with one attached hydrogen (secondary N) is 1. The van der Waals surface area contributed by atoms with Gasteiger partial charge in [0.2, 0.25) is 0 Å². The van der Waals surface area contributed by atoms with Crippen molar-refractivity contribution in [2.24, 2.45) is 0 Å². The molecule has 0 saturated carbocycles. The van der Waals surface area contributed by atoms with Crippen LogP contribution < -0.4 is 10.1 Å². The number of phenolic OH excluding ortho intramolecular Hbond substituents is 1. The lowest BCUT2D eigenvalue weighted by molar-refractivity contribution is 0.243. The summed E-state index contributed by atoms with van der Waals surface area (Å²) in [6.45, 7) is 2.56. The summed E-state index contributed by atoms with van der Waals surface area (Å²) in [6.07, 6.45) is 0.995. The van der Waals surface area contributed by atoms with E-state index < -0.39 is 0 Å². The van der Waals surface area contributed by atoms with Crippen LogP contribution in [-0.4, -0.2) is 23.9 Å². The van der Waals surface area contributed by atoms with Crippen molar-refractivity contribution in [3.05, 3.63) is 59.2 Å².